The highest BCUT2D eigenvalue weighted by molar-refractivity contribution is 5.74. The summed E-state index contributed by atoms with van der Waals surface area (Å²) in [5.41, 5.74) is 1.67. The van der Waals surface area contributed by atoms with Crippen LogP contribution in [0, 0.1) is 0 Å². The third kappa shape index (κ3) is 2.82. The second-order valence-corrected chi connectivity index (χ2v) is 4.76. The molecule has 2 N–H and O–H groups in total. The molecule has 0 aliphatic rings. The molecule has 0 radical (unpaired) electrons. The zero-order chi connectivity index (χ0) is 12.3. The van der Waals surface area contributed by atoms with Gasteiger partial charge >= 0.3 is 5.97 Å². The van der Waals surface area contributed by atoms with E-state index in [-0.39, 0.29) is 11.8 Å². The number of aliphatic hydroxyl groups excluding tert-OH is 1. The van der Waals surface area contributed by atoms with Crippen LogP contribution in [0.3, 0.4) is 0 Å². The number of aliphatic hydroxyl groups is 1. The lowest BCUT2D eigenvalue weighted by Gasteiger charge is -2.19. The van der Waals surface area contributed by atoms with Gasteiger partial charge < -0.3 is 9.84 Å². The van der Waals surface area contributed by atoms with Gasteiger partial charge in [0.25, 0.3) is 0 Å². The van der Waals surface area contributed by atoms with E-state index in [1.807, 2.05) is 20.8 Å². The van der Waals surface area contributed by atoms with Crippen molar-refractivity contribution in [3.05, 3.63) is 17.5 Å². The number of rotatable bonds is 3. The van der Waals surface area contributed by atoms with Crippen LogP contribution in [-0.2, 0) is 21.4 Å². The van der Waals surface area contributed by atoms with Crippen LogP contribution in [0.1, 0.15) is 32.0 Å². The SMILES string of the molecule is COC(=O)C(O)Cc1cn[nH]c1C(C)(C)C. The van der Waals surface area contributed by atoms with Crippen molar-refractivity contribution in [3.8, 4) is 0 Å². The molecule has 0 bridgehead atoms. The van der Waals surface area contributed by atoms with Gasteiger partial charge in [-0.15, -0.1) is 0 Å². The number of nitrogens with one attached hydrogen (secondary N) is 1. The van der Waals surface area contributed by atoms with E-state index in [4.69, 9.17) is 0 Å². The lowest BCUT2D eigenvalue weighted by molar-refractivity contribution is -0.150. The topological polar surface area (TPSA) is 75.2 Å². The van der Waals surface area contributed by atoms with Crippen molar-refractivity contribution in [1.29, 1.82) is 0 Å². The molecule has 1 unspecified atom stereocenters. The molecule has 16 heavy (non-hydrogen) atoms. The summed E-state index contributed by atoms with van der Waals surface area (Å²) in [5, 5.41) is 16.4. The fraction of sp³-hybridized carbons (Fsp3) is 0.636. The van der Waals surface area contributed by atoms with Crippen LogP contribution in [0.2, 0.25) is 0 Å². The van der Waals surface area contributed by atoms with Crippen molar-refractivity contribution >= 4 is 5.97 Å². The highest BCUT2D eigenvalue weighted by atomic mass is 16.5. The molecule has 1 atom stereocenters. The van der Waals surface area contributed by atoms with Gasteiger partial charge in [0.15, 0.2) is 6.10 Å². The van der Waals surface area contributed by atoms with Crippen LogP contribution in [0.5, 0.6) is 0 Å². The Balaban J connectivity index is 2.83. The number of hydrogen-bond donors (Lipinski definition) is 2. The summed E-state index contributed by atoms with van der Waals surface area (Å²) in [7, 11) is 1.26. The van der Waals surface area contributed by atoms with Gasteiger partial charge in [-0.3, -0.25) is 5.10 Å². The van der Waals surface area contributed by atoms with Gasteiger partial charge in [-0.1, -0.05) is 20.8 Å². The lowest BCUT2D eigenvalue weighted by Crippen LogP contribution is -2.25. The number of aromatic nitrogens is 2. The van der Waals surface area contributed by atoms with Crippen LogP contribution in [-0.4, -0.2) is 34.5 Å². The first-order valence-corrected chi connectivity index (χ1v) is 5.15. The van der Waals surface area contributed by atoms with Gasteiger partial charge in [0.1, 0.15) is 0 Å². The molecule has 1 heterocycles. The van der Waals surface area contributed by atoms with Gasteiger partial charge in [-0.2, -0.15) is 5.10 Å². The first-order chi connectivity index (χ1) is 7.36. The van der Waals surface area contributed by atoms with Gasteiger partial charge in [0, 0.05) is 17.5 Å². The Labute approximate surface area is 94.8 Å². The van der Waals surface area contributed by atoms with Crippen LogP contribution in [0.25, 0.3) is 0 Å². The number of H-pyrrole nitrogens is 1. The summed E-state index contributed by atoms with van der Waals surface area (Å²) >= 11 is 0. The second-order valence-electron chi connectivity index (χ2n) is 4.76. The maximum atomic E-state index is 11.1. The summed E-state index contributed by atoms with van der Waals surface area (Å²) < 4.78 is 4.47. The Bertz CT molecular complexity index is 366. The average Bonchev–Trinajstić information content (AvgIpc) is 2.63. The Kier molecular flexibility index (Phi) is 3.70. The van der Waals surface area contributed by atoms with Crippen LogP contribution in [0.4, 0.5) is 0 Å². The molecule has 0 spiro atoms. The Morgan fingerprint density at radius 2 is 2.25 bits per heavy atom. The van der Waals surface area contributed by atoms with Gasteiger partial charge in [-0.05, 0) is 5.56 Å². The minimum Gasteiger partial charge on any atom is -0.467 e. The highest BCUT2D eigenvalue weighted by Gasteiger charge is 2.24. The predicted molar refractivity (Wildman–Crippen MR) is 59.0 cm³/mol. The molecule has 0 amide bonds. The number of ether oxygens (including phenoxy) is 1. The standard InChI is InChI=1S/C11H18N2O3/c1-11(2,3)9-7(6-12-13-9)5-8(14)10(15)16-4/h6,8,14H,5H2,1-4H3,(H,12,13). The molecule has 5 heteroatoms. The number of hydrogen-bond acceptors (Lipinski definition) is 4. The second kappa shape index (κ2) is 4.65. The monoisotopic (exact) mass is 226 g/mol. The fourth-order valence-electron chi connectivity index (χ4n) is 1.54. The molecule has 1 aromatic rings. The molecule has 0 aliphatic carbocycles. The summed E-state index contributed by atoms with van der Waals surface area (Å²) in [5.74, 6) is -0.624. The maximum absolute atomic E-state index is 11.1. The zero-order valence-electron chi connectivity index (χ0n) is 10.1. The van der Waals surface area contributed by atoms with E-state index in [9.17, 15) is 9.90 Å². The van der Waals surface area contributed by atoms with Crippen molar-refractivity contribution in [3.63, 3.8) is 0 Å². The Morgan fingerprint density at radius 3 is 2.75 bits per heavy atom. The normalized spacial score (nSPS) is 13.6. The smallest absolute Gasteiger partial charge is 0.335 e. The van der Waals surface area contributed by atoms with Crippen molar-refractivity contribution < 1.29 is 14.6 Å². The first kappa shape index (κ1) is 12.7. The number of carbonyl (C=O) groups is 1. The van der Waals surface area contributed by atoms with Crippen molar-refractivity contribution in [2.45, 2.75) is 38.7 Å². The average molecular weight is 226 g/mol. The quantitative estimate of drug-likeness (QED) is 0.747. The first-order valence-electron chi connectivity index (χ1n) is 5.15. The van der Waals surface area contributed by atoms with E-state index in [0.29, 0.717) is 0 Å². The van der Waals surface area contributed by atoms with E-state index in [2.05, 4.69) is 14.9 Å². The zero-order valence-corrected chi connectivity index (χ0v) is 10.1. The molecule has 1 rings (SSSR count). The van der Waals surface area contributed by atoms with Gasteiger partial charge in [-0.25, -0.2) is 4.79 Å². The minimum absolute atomic E-state index is 0.0956. The third-order valence-electron chi connectivity index (χ3n) is 2.35. The number of carbonyl (C=O) groups excluding carboxylic acids is 1. The molecule has 0 fully saturated rings. The molecule has 0 saturated heterocycles. The summed E-state index contributed by atoms with van der Waals surface area (Å²) in [6.07, 6.45) is 0.714. The molecule has 0 aliphatic heterocycles. The molecule has 0 saturated carbocycles. The molecule has 1 aromatic heterocycles. The van der Waals surface area contributed by atoms with E-state index < -0.39 is 12.1 Å². The van der Waals surface area contributed by atoms with E-state index in [1.54, 1.807) is 6.20 Å². The highest BCUT2D eigenvalue weighted by Crippen LogP contribution is 2.24. The summed E-state index contributed by atoms with van der Waals surface area (Å²) in [6, 6.07) is 0. The number of esters is 1. The minimum atomic E-state index is -1.14. The Morgan fingerprint density at radius 1 is 1.62 bits per heavy atom. The molecule has 90 valence electrons. The molecule has 5 nitrogen and oxygen atoms in total. The third-order valence-corrected chi connectivity index (χ3v) is 2.35. The van der Waals surface area contributed by atoms with E-state index >= 15 is 0 Å². The predicted octanol–water partition coefficient (Wildman–Crippen LogP) is 0.784. The Hall–Kier alpha value is -1.36. The van der Waals surface area contributed by atoms with Crippen molar-refractivity contribution in [2.75, 3.05) is 7.11 Å². The maximum Gasteiger partial charge on any atom is 0.335 e. The van der Waals surface area contributed by atoms with Crippen LogP contribution < -0.4 is 0 Å². The number of nitrogens with zero attached hydrogens (tertiary/aromatic N) is 1. The molecular weight excluding hydrogens is 208 g/mol. The largest absolute Gasteiger partial charge is 0.467 e. The van der Waals surface area contributed by atoms with Crippen molar-refractivity contribution in [1.82, 2.24) is 10.2 Å². The van der Waals surface area contributed by atoms with Gasteiger partial charge in [0.05, 0.1) is 13.3 Å². The van der Waals surface area contributed by atoms with Crippen LogP contribution in [0.15, 0.2) is 6.20 Å². The summed E-state index contributed by atoms with van der Waals surface area (Å²) in [6.45, 7) is 6.11. The number of methoxy groups -OCH3 is 1. The fourth-order valence-corrected chi connectivity index (χ4v) is 1.54. The molecular formula is C11H18N2O3. The van der Waals surface area contributed by atoms with Crippen molar-refractivity contribution in [2.24, 2.45) is 0 Å². The lowest BCUT2D eigenvalue weighted by atomic mass is 9.88. The molecule has 0 aromatic carbocycles. The van der Waals surface area contributed by atoms with E-state index in [1.165, 1.54) is 7.11 Å². The number of aromatic amines is 1. The van der Waals surface area contributed by atoms with Gasteiger partial charge in [0.2, 0.25) is 0 Å². The summed E-state index contributed by atoms with van der Waals surface area (Å²) in [4.78, 5) is 11.1. The van der Waals surface area contributed by atoms with E-state index in [0.717, 1.165) is 11.3 Å². The van der Waals surface area contributed by atoms with Crippen LogP contribution >= 0.6 is 0 Å².